The second kappa shape index (κ2) is 7.66. The van der Waals surface area contributed by atoms with Gasteiger partial charge in [0.1, 0.15) is 0 Å². The normalized spacial score (nSPS) is 29.7. The van der Waals surface area contributed by atoms with Gasteiger partial charge in [0.05, 0.1) is 5.60 Å². The number of hydrogen-bond donors (Lipinski definition) is 1. The monoisotopic (exact) mass is 325 g/mol. The fourth-order valence-corrected chi connectivity index (χ4v) is 3.79. The van der Waals surface area contributed by atoms with E-state index in [1.54, 1.807) is 0 Å². The minimum atomic E-state index is -0.931. The molecule has 1 atom stereocenters. The molecule has 1 saturated heterocycles. The molecule has 1 saturated carbocycles. The Morgan fingerprint density at radius 2 is 2.09 bits per heavy atom. The minimum Gasteiger partial charge on any atom is -0.550 e. The van der Waals surface area contributed by atoms with Crippen molar-refractivity contribution in [2.75, 3.05) is 6.61 Å². The van der Waals surface area contributed by atoms with E-state index in [-0.39, 0.29) is 41.1 Å². The van der Waals surface area contributed by atoms with E-state index in [1.807, 2.05) is 0 Å². The van der Waals surface area contributed by atoms with Crippen molar-refractivity contribution in [3.63, 3.8) is 0 Å². The van der Waals surface area contributed by atoms with E-state index in [4.69, 9.17) is 4.74 Å². The molecule has 23 heavy (non-hydrogen) atoms. The van der Waals surface area contributed by atoms with Crippen molar-refractivity contribution in [1.82, 2.24) is 5.32 Å². The average molecular weight is 325 g/mol. The number of carbonyl (C=O) groups excluding carboxylic acids is 1. The summed E-state index contributed by atoms with van der Waals surface area (Å²) in [7, 11) is 0. The first-order chi connectivity index (χ1) is 10.5. The van der Waals surface area contributed by atoms with Gasteiger partial charge >= 0.3 is 29.6 Å². The molecule has 0 radical (unpaired) electrons. The number of nitrogens with one attached hydrogen (secondary N) is 1. The SMILES string of the molecule is Cc1ccc(CNC2CCOC3(C2)CC(C(=O)[O-])C3)c(C)c1.[Na+]. The Balaban J connectivity index is 0.00000192. The number of carbonyl (C=O) groups is 1. The van der Waals surface area contributed by atoms with Crippen LogP contribution < -0.4 is 40.0 Å². The smallest absolute Gasteiger partial charge is 0.550 e. The molecule has 0 aromatic heterocycles. The summed E-state index contributed by atoms with van der Waals surface area (Å²) in [5, 5.41) is 14.5. The zero-order chi connectivity index (χ0) is 15.7. The molecule has 1 aromatic rings. The standard InChI is InChI=1S/C18H25NO3.Na/c1-12-3-4-14(13(2)7-12)11-19-16-5-6-22-18(10-16)8-15(9-18)17(20)21;/h3-4,7,15-16,19H,5-6,8-11H2,1-2H3,(H,20,21);/q;+1/p-1. The van der Waals surface area contributed by atoms with E-state index in [0.29, 0.717) is 25.5 Å². The molecule has 1 unspecified atom stereocenters. The predicted octanol–water partition coefficient (Wildman–Crippen LogP) is -1.53. The number of hydrogen-bond acceptors (Lipinski definition) is 4. The third kappa shape index (κ3) is 4.37. The van der Waals surface area contributed by atoms with E-state index >= 15 is 0 Å². The van der Waals surface area contributed by atoms with Crippen LogP contribution >= 0.6 is 0 Å². The summed E-state index contributed by atoms with van der Waals surface area (Å²) in [4.78, 5) is 10.9. The molecule has 1 aliphatic carbocycles. The van der Waals surface area contributed by atoms with Gasteiger partial charge < -0.3 is 20.0 Å². The third-order valence-electron chi connectivity index (χ3n) is 5.14. The molecule has 3 rings (SSSR count). The van der Waals surface area contributed by atoms with Gasteiger partial charge in [-0.25, -0.2) is 0 Å². The van der Waals surface area contributed by atoms with Crippen molar-refractivity contribution in [3.8, 4) is 0 Å². The molecular weight excluding hydrogens is 301 g/mol. The maximum absolute atomic E-state index is 10.9. The van der Waals surface area contributed by atoms with Crippen LogP contribution in [0.15, 0.2) is 18.2 Å². The molecule has 120 valence electrons. The topological polar surface area (TPSA) is 61.4 Å². The molecule has 1 N–H and O–H groups in total. The summed E-state index contributed by atoms with van der Waals surface area (Å²) in [6, 6.07) is 6.93. The second-order valence-electron chi connectivity index (χ2n) is 6.96. The van der Waals surface area contributed by atoms with Crippen LogP contribution in [0.5, 0.6) is 0 Å². The van der Waals surface area contributed by atoms with Crippen molar-refractivity contribution < 1.29 is 44.2 Å². The van der Waals surface area contributed by atoms with Crippen LogP contribution in [0.1, 0.15) is 42.4 Å². The van der Waals surface area contributed by atoms with Crippen LogP contribution in [0.2, 0.25) is 0 Å². The second-order valence-corrected chi connectivity index (χ2v) is 6.96. The molecule has 0 bridgehead atoms. The first-order valence-corrected chi connectivity index (χ1v) is 8.12. The molecule has 1 aromatic carbocycles. The van der Waals surface area contributed by atoms with Crippen LogP contribution in [0, 0.1) is 19.8 Å². The molecule has 0 amide bonds. The van der Waals surface area contributed by atoms with Crippen molar-refractivity contribution in [2.24, 2.45) is 5.92 Å². The molecule has 1 spiro atoms. The van der Waals surface area contributed by atoms with Crippen molar-refractivity contribution >= 4 is 5.97 Å². The van der Waals surface area contributed by atoms with Gasteiger partial charge in [0.15, 0.2) is 0 Å². The van der Waals surface area contributed by atoms with Crippen molar-refractivity contribution in [2.45, 2.75) is 57.7 Å². The van der Waals surface area contributed by atoms with E-state index in [1.165, 1.54) is 16.7 Å². The van der Waals surface area contributed by atoms with Gasteiger partial charge in [-0.1, -0.05) is 23.8 Å². The molecule has 5 heteroatoms. The zero-order valence-electron chi connectivity index (χ0n) is 14.4. The maximum Gasteiger partial charge on any atom is 1.00 e. The number of carboxylic acids is 1. The van der Waals surface area contributed by atoms with Crippen LogP contribution in [-0.4, -0.2) is 24.2 Å². The molecule has 1 aliphatic heterocycles. The van der Waals surface area contributed by atoms with Gasteiger partial charge in [-0.3, -0.25) is 0 Å². The summed E-state index contributed by atoms with van der Waals surface area (Å²) in [5.74, 6) is -1.25. The number of ether oxygens (including phenoxy) is 1. The molecule has 2 aliphatic rings. The Morgan fingerprint density at radius 3 is 2.74 bits per heavy atom. The first kappa shape index (κ1) is 18.9. The molecule has 2 fully saturated rings. The number of rotatable bonds is 4. The summed E-state index contributed by atoms with van der Waals surface area (Å²) in [6.07, 6.45) is 3.11. The van der Waals surface area contributed by atoms with E-state index in [2.05, 4.69) is 37.4 Å². The third-order valence-corrected chi connectivity index (χ3v) is 5.14. The molecular formula is C18H24NNaO3. The zero-order valence-corrected chi connectivity index (χ0v) is 16.4. The Labute approximate surface area is 160 Å². The number of carboxylic acid groups (broad SMARTS) is 1. The molecule has 4 nitrogen and oxygen atoms in total. The summed E-state index contributed by atoms with van der Waals surface area (Å²) < 4.78 is 5.87. The van der Waals surface area contributed by atoms with Crippen LogP contribution in [0.25, 0.3) is 0 Å². The average Bonchev–Trinajstić information content (AvgIpc) is 2.44. The Hall–Kier alpha value is -0.390. The van der Waals surface area contributed by atoms with Crippen LogP contribution in [-0.2, 0) is 16.1 Å². The van der Waals surface area contributed by atoms with Gasteiger partial charge in [0.25, 0.3) is 0 Å². The van der Waals surface area contributed by atoms with Crippen molar-refractivity contribution in [3.05, 3.63) is 34.9 Å². The number of aliphatic carboxylic acids is 1. The summed E-state index contributed by atoms with van der Waals surface area (Å²) in [6.45, 7) is 5.82. The number of benzene rings is 1. The van der Waals surface area contributed by atoms with Gasteiger partial charge in [0, 0.05) is 31.1 Å². The first-order valence-electron chi connectivity index (χ1n) is 8.12. The van der Waals surface area contributed by atoms with Gasteiger partial charge in [-0.2, -0.15) is 0 Å². The van der Waals surface area contributed by atoms with Crippen LogP contribution in [0.4, 0.5) is 0 Å². The van der Waals surface area contributed by atoms with E-state index < -0.39 is 5.97 Å². The fourth-order valence-electron chi connectivity index (χ4n) is 3.79. The van der Waals surface area contributed by atoms with E-state index in [0.717, 1.165) is 19.4 Å². The van der Waals surface area contributed by atoms with Gasteiger partial charge in [-0.05, 0) is 50.7 Å². The van der Waals surface area contributed by atoms with Crippen molar-refractivity contribution in [1.29, 1.82) is 0 Å². The Kier molecular flexibility index (Phi) is 6.31. The van der Waals surface area contributed by atoms with Gasteiger partial charge in [0.2, 0.25) is 0 Å². The Morgan fingerprint density at radius 1 is 1.35 bits per heavy atom. The number of aryl methyl sites for hydroxylation is 2. The van der Waals surface area contributed by atoms with Crippen LogP contribution in [0.3, 0.4) is 0 Å². The summed E-state index contributed by atoms with van der Waals surface area (Å²) in [5.41, 5.74) is 3.71. The van der Waals surface area contributed by atoms with E-state index in [9.17, 15) is 9.90 Å². The predicted molar refractivity (Wildman–Crippen MR) is 82.2 cm³/mol. The summed E-state index contributed by atoms with van der Waals surface area (Å²) >= 11 is 0. The maximum atomic E-state index is 10.9. The quantitative estimate of drug-likeness (QED) is 0.683. The minimum absolute atomic E-state index is 0. The Bertz CT molecular complexity index is 569. The largest absolute Gasteiger partial charge is 1.00 e. The fraction of sp³-hybridized carbons (Fsp3) is 0.611. The molecule has 1 heterocycles. The van der Waals surface area contributed by atoms with Gasteiger partial charge in [-0.15, -0.1) is 0 Å².